The van der Waals surface area contributed by atoms with Crippen LogP contribution in [-0.2, 0) is 14.8 Å². The van der Waals surface area contributed by atoms with Gasteiger partial charge in [0.1, 0.15) is 11.9 Å². The van der Waals surface area contributed by atoms with Gasteiger partial charge in [-0.05, 0) is 63.2 Å². The summed E-state index contributed by atoms with van der Waals surface area (Å²) in [6, 6.07) is 11.5. The van der Waals surface area contributed by atoms with Crippen molar-refractivity contribution in [3.05, 3.63) is 65.5 Å². The molecule has 8 heteroatoms. The molecule has 0 saturated heterocycles. The van der Waals surface area contributed by atoms with E-state index in [9.17, 15) is 17.6 Å². The summed E-state index contributed by atoms with van der Waals surface area (Å²) in [5.74, 6) is -0.656. The lowest BCUT2D eigenvalue weighted by Gasteiger charge is -2.27. The third kappa shape index (κ3) is 7.41. The zero-order valence-corrected chi connectivity index (χ0v) is 19.5. The minimum absolute atomic E-state index is 0.101. The highest BCUT2D eigenvalue weighted by Crippen LogP contribution is 2.19. The van der Waals surface area contributed by atoms with Gasteiger partial charge >= 0.3 is 0 Å². The van der Waals surface area contributed by atoms with Gasteiger partial charge in [0.15, 0.2) is 0 Å². The van der Waals surface area contributed by atoms with Gasteiger partial charge in [-0.15, -0.1) is 0 Å². The van der Waals surface area contributed by atoms with Crippen molar-refractivity contribution in [2.75, 3.05) is 20.6 Å². The van der Waals surface area contributed by atoms with E-state index in [0.717, 1.165) is 11.1 Å². The molecule has 1 amide bonds. The van der Waals surface area contributed by atoms with Gasteiger partial charge in [0.25, 0.3) is 0 Å². The molecule has 6 nitrogen and oxygen atoms in total. The molecule has 2 N–H and O–H groups in total. The van der Waals surface area contributed by atoms with Crippen LogP contribution in [0, 0.1) is 18.7 Å². The molecular weight excluding hydrogens is 417 g/mol. The number of benzene rings is 2. The van der Waals surface area contributed by atoms with Crippen LogP contribution >= 0.6 is 0 Å². The van der Waals surface area contributed by atoms with Crippen LogP contribution in [0.15, 0.2) is 53.4 Å². The molecule has 2 atom stereocenters. The Balaban J connectivity index is 2.15. The summed E-state index contributed by atoms with van der Waals surface area (Å²) in [5.41, 5.74) is 1.67. The summed E-state index contributed by atoms with van der Waals surface area (Å²) in [6.45, 7) is 5.94. The highest BCUT2D eigenvalue weighted by molar-refractivity contribution is 7.89. The number of amides is 1. The molecule has 2 aromatic carbocycles. The molecule has 0 fully saturated rings. The predicted molar refractivity (Wildman–Crippen MR) is 121 cm³/mol. The van der Waals surface area contributed by atoms with Crippen LogP contribution in [0.2, 0.25) is 0 Å². The number of nitrogens with one attached hydrogen (secondary N) is 2. The first-order chi connectivity index (χ1) is 14.5. The summed E-state index contributed by atoms with van der Waals surface area (Å²) < 4.78 is 41.8. The van der Waals surface area contributed by atoms with Gasteiger partial charge in [-0.1, -0.05) is 43.7 Å². The maximum absolute atomic E-state index is 13.7. The molecule has 0 radical (unpaired) electrons. The maximum atomic E-state index is 13.7. The van der Waals surface area contributed by atoms with Crippen LogP contribution in [-0.4, -0.2) is 45.9 Å². The second-order valence-corrected chi connectivity index (χ2v) is 10.1. The van der Waals surface area contributed by atoms with Gasteiger partial charge in [-0.25, -0.2) is 12.8 Å². The molecule has 0 saturated carbocycles. The Morgan fingerprint density at radius 1 is 1.10 bits per heavy atom. The van der Waals surface area contributed by atoms with Crippen LogP contribution in [0.4, 0.5) is 4.39 Å². The molecule has 0 heterocycles. The summed E-state index contributed by atoms with van der Waals surface area (Å²) in [5, 5.41) is 2.84. The number of sulfonamides is 1. The van der Waals surface area contributed by atoms with Crippen LogP contribution in [0.1, 0.15) is 37.4 Å². The van der Waals surface area contributed by atoms with Crippen molar-refractivity contribution < 1.29 is 17.6 Å². The van der Waals surface area contributed by atoms with E-state index in [4.69, 9.17) is 0 Å². The van der Waals surface area contributed by atoms with Gasteiger partial charge in [0.2, 0.25) is 15.9 Å². The Morgan fingerprint density at radius 3 is 2.29 bits per heavy atom. The minimum Gasteiger partial charge on any atom is -0.353 e. The topological polar surface area (TPSA) is 78.5 Å². The molecule has 0 aliphatic heterocycles. The maximum Gasteiger partial charge on any atom is 0.241 e. The van der Waals surface area contributed by atoms with E-state index >= 15 is 0 Å². The van der Waals surface area contributed by atoms with Crippen LogP contribution < -0.4 is 10.0 Å². The molecule has 2 rings (SSSR count). The largest absolute Gasteiger partial charge is 0.353 e. The van der Waals surface area contributed by atoms with Gasteiger partial charge in [0.05, 0.1) is 10.9 Å². The monoisotopic (exact) mass is 449 g/mol. The predicted octanol–water partition coefficient (Wildman–Crippen LogP) is 3.25. The van der Waals surface area contributed by atoms with Crippen molar-refractivity contribution in [1.82, 2.24) is 14.9 Å². The van der Waals surface area contributed by atoms with E-state index < -0.39 is 22.0 Å². The molecule has 0 spiro atoms. The van der Waals surface area contributed by atoms with Gasteiger partial charge in [-0.3, -0.25) is 4.79 Å². The van der Waals surface area contributed by atoms with Crippen molar-refractivity contribution in [2.24, 2.45) is 5.92 Å². The molecule has 0 aliphatic rings. The first kappa shape index (κ1) is 25.0. The molecule has 2 aromatic rings. The number of halogens is 1. The fourth-order valence-electron chi connectivity index (χ4n) is 3.29. The van der Waals surface area contributed by atoms with Crippen molar-refractivity contribution in [1.29, 1.82) is 0 Å². The smallest absolute Gasteiger partial charge is 0.241 e. The van der Waals surface area contributed by atoms with Crippen LogP contribution in [0.5, 0.6) is 0 Å². The zero-order valence-electron chi connectivity index (χ0n) is 18.7. The average Bonchev–Trinajstić information content (AvgIpc) is 2.67. The van der Waals surface area contributed by atoms with E-state index in [-0.39, 0.29) is 29.2 Å². The number of hydrogen-bond donors (Lipinski definition) is 2. The lowest BCUT2D eigenvalue weighted by Crippen LogP contribution is -2.48. The third-order valence-corrected chi connectivity index (χ3v) is 6.47. The Morgan fingerprint density at radius 2 is 1.74 bits per heavy atom. The Labute approximate surface area is 184 Å². The van der Waals surface area contributed by atoms with E-state index in [1.165, 1.54) is 24.3 Å². The number of carbonyl (C=O) groups excluding carboxylic acids is 1. The standard InChI is InChI=1S/C23H32FN3O3S/c1-16(2)13-21(26-31(29,30)20-11-9-17(3)10-12-20)23(28)25-15-22(27(4)5)18-7-6-8-19(24)14-18/h6-12,14,16,21-22,26H,13,15H2,1-5H3,(H,25,28). The average molecular weight is 450 g/mol. The summed E-state index contributed by atoms with van der Waals surface area (Å²) in [7, 11) is -0.169. The van der Waals surface area contributed by atoms with Gasteiger partial charge in [-0.2, -0.15) is 4.72 Å². The van der Waals surface area contributed by atoms with Gasteiger partial charge in [0, 0.05) is 6.54 Å². The normalized spacial score (nSPS) is 13.9. The molecule has 0 bridgehead atoms. The van der Waals surface area contributed by atoms with Crippen molar-refractivity contribution in [3.8, 4) is 0 Å². The van der Waals surface area contributed by atoms with E-state index in [1.54, 1.807) is 24.3 Å². The first-order valence-electron chi connectivity index (χ1n) is 10.3. The summed E-state index contributed by atoms with van der Waals surface area (Å²) >= 11 is 0. The second-order valence-electron chi connectivity index (χ2n) is 8.40. The van der Waals surface area contributed by atoms with E-state index in [1.807, 2.05) is 39.8 Å². The lowest BCUT2D eigenvalue weighted by atomic mass is 10.0. The van der Waals surface area contributed by atoms with Crippen molar-refractivity contribution >= 4 is 15.9 Å². The molecule has 31 heavy (non-hydrogen) atoms. The molecule has 2 unspecified atom stereocenters. The number of rotatable bonds is 10. The van der Waals surface area contributed by atoms with Gasteiger partial charge < -0.3 is 10.2 Å². The number of likely N-dealkylation sites (N-methyl/N-ethyl adjacent to an activating group) is 1. The Bertz CT molecular complexity index is 976. The van der Waals surface area contributed by atoms with E-state index in [0.29, 0.717) is 6.42 Å². The fraction of sp³-hybridized carbons (Fsp3) is 0.435. The summed E-state index contributed by atoms with van der Waals surface area (Å²) in [6.07, 6.45) is 0.351. The molecule has 0 aliphatic carbocycles. The first-order valence-corrected chi connectivity index (χ1v) is 11.8. The zero-order chi connectivity index (χ0) is 23.2. The minimum atomic E-state index is -3.85. The second kappa shape index (κ2) is 10.8. The highest BCUT2D eigenvalue weighted by atomic mass is 32.2. The highest BCUT2D eigenvalue weighted by Gasteiger charge is 2.27. The Hall–Kier alpha value is -2.29. The van der Waals surface area contributed by atoms with Crippen molar-refractivity contribution in [3.63, 3.8) is 0 Å². The summed E-state index contributed by atoms with van der Waals surface area (Å²) in [4.78, 5) is 14.9. The molecular formula is C23H32FN3O3S. The van der Waals surface area contributed by atoms with Crippen LogP contribution in [0.25, 0.3) is 0 Å². The Kier molecular flexibility index (Phi) is 8.73. The number of carbonyl (C=O) groups is 1. The van der Waals surface area contributed by atoms with Crippen molar-refractivity contribution in [2.45, 2.75) is 44.2 Å². The molecule has 0 aromatic heterocycles. The lowest BCUT2D eigenvalue weighted by molar-refractivity contribution is -0.123. The van der Waals surface area contributed by atoms with E-state index in [2.05, 4.69) is 10.0 Å². The number of hydrogen-bond acceptors (Lipinski definition) is 4. The SMILES string of the molecule is Cc1ccc(S(=O)(=O)NC(CC(C)C)C(=O)NCC(c2cccc(F)c2)N(C)C)cc1. The molecule has 170 valence electrons. The number of nitrogens with zero attached hydrogens (tertiary/aromatic N) is 1. The fourth-order valence-corrected chi connectivity index (χ4v) is 4.49. The number of aryl methyl sites for hydroxylation is 1. The van der Waals surface area contributed by atoms with Crippen LogP contribution in [0.3, 0.4) is 0 Å². The third-order valence-electron chi connectivity index (χ3n) is 4.98. The quantitative estimate of drug-likeness (QED) is 0.584.